The molecule has 2 aliphatic rings. The summed E-state index contributed by atoms with van der Waals surface area (Å²) in [4.78, 5) is 8.77. The largest absolute Gasteiger partial charge is 0.369 e. The van der Waals surface area contributed by atoms with E-state index in [9.17, 15) is 0 Å². The first-order valence-electron chi connectivity index (χ1n) is 7.12. The molecular weight excluding hydrogens is 224 g/mol. The highest BCUT2D eigenvalue weighted by Crippen LogP contribution is 2.61. The third-order valence-electron chi connectivity index (χ3n) is 4.15. The molecule has 0 aliphatic heterocycles. The molecule has 0 aromatic carbocycles. The summed E-state index contributed by atoms with van der Waals surface area (Å²) >= 11 is 0. The van der Waals surface area contributed by atoms with Crippen LogP contribution < -0.4 is 10.6 Å². The van der Waals surface area contributed by atoms with Gasteiger partial charge < -0.3 is 10.6 Å². The fourth-order valence-electron chi connectivity index (χ4n) is 2.64. The maximum absolute atomic E-state index is 4.54. The Morgan fingerprint density at radius 3 is 2.56 bits per heavy atom. The van der Waals surface area contributed by atoms with Gasteiger partial charge in [0, 0.05) is 13.1 Å². The third kappa shape index (κ3) is 2.57. The molecule has 4 nitrogen and oxygen atoms in total. The van der Waals surface area contributed by atoms with Gasteiger partial charge >= 0.3 is 0 Å². The summed E-state index contributed by atoms with van der Waals surface area (Å²) in [5, 5.41) is 6.74. The highest BCUT2D eigenvalue weighted by molar-refractivity contribution is 5.41. The summed E-state index contributed by atoms with van der Waals surface area (Å²) < 4.78 is 0. The molecule has 0 saturated heterocycles. The van der Waals surface area contributed by atoms with Crippen LogP contribution in [0.25, 0.3) is 0 Å². The van der Waals surface area contributed by atoms with E-state index in [-0.39, 0.29) is 0 Å². The molecule has 2 saturated carbocycles. The average Bonchev–Trinajstić information content (AvgIpc) is 3.27. The molecule has 1 heterocycles. The molecule has 0 unspecified atom stereocenters. The smallest absolute Gasteiger partial charge is 0.146 e. The van der Waals surface area contributed by atoms with Gasteiger partial charge in [-0.25, -0.2) is 4.98 Å². The Morgan fingerprint density at radius 1 is 1.22 bits per heavy atom. The second-order valence-electron chi connectivity index (χ2n) is 5.71. The summed E-state index contributed by atoms with van der Waals surface area (Å²) in [7, 11) is 0. The van der Waals surface area contributed by atoms with Gasteiger partial charge in [0.15, 0.2) is 0 Å². The van der Waals surface area contributed by atoms with Crippen molar-refractivity contribution in [1.82, 2.24) is 9.97 Å². The zero-order valence-corrected chi connectivity index (χ0v) is 11.1. The number of rotatable bonds is 7. The Kier molecular flexibility index (Phi) is 3.10. The Labute approximate surface area is 109 Å². The lowest BCUT2D eigenvalue weighted by molar-refractivity contribution is 0.466. The highest BCUT2D eigenvalue weighted by Gasteiger charge is 2.53. The van der Waals surface area contributed by atoms with Crippen molar-refractivity contribution in [1.29, 1.82) is 0 Å². The quantitative estimate of drug-likeness (QED) is 0.776. The van der Waals surface area contributed by atoms with E-state index in [0.29, 0.717) is 5.41 Å². The van der Waals surface area contributed by atoms with Crippen molar-refractivity contribution >= 4 is 11.6 Å². The second-order valence-corrected chi connectivity index (χ2v) is 5.71. The SMILES string of the molecule is CCCNc1cncc(NCC2(C3CC3)CC2)n1. The van der Waals surface area contributed by atoms with E-state index in [0.717, 1.165) is 37.1 Å². The van der Waals surface area contributed by atoms with E-state index < -0.39 is 0 Å². The molecule has 2 fully saturated rings. The monoisotopic (exact) mass is 246 g/mol. The van der Waals surface area contributed by atoms with Crippen LogP contribution in [0.3, 0.4) is 0 Å². The number of aromatic nitrogens is 2. The van der Waals surface area contributed by atoms with Gasteiger partial charge in [0.1, 0.15) is 11.6 Å². The van der Waals surface area contributed by atoms with Crippen LogP contribution in [-0.2, 0) is 0 Å². The van der Waals surface area contributed by atoms with E-state index in [1.54, 1.807) is 6.20 Å². The molecule has 0 amide bonds. The van der Waals surface area contributed by atoms with Gasteiger partial charge in [-0.1, -0.05) is 6.92 Å². The number of anilines is 2. The first kappa shape index (κ1) is 11.8. The minimum atomic E-state index is 0.606. The first-order valence-corrected chi connectivity index (χ1v) is 7.12. The summed E-state index contributed by atoms with van der Waals surface area (Å²) in [5.41, 5.74) is 0.606. The molecule has 1 aromatic heterocycles. The fraction of sp³-hybridized carbons (Fsp3) is 0.714. The Morgan fingerprint density at radius 2 is 1.94 bits per heavy atom. The maximum atomic E-state index is 4.54. The van der Waals surface area contributed by atoms with Gasteiger partial charge in [-0.15, -0.1) is 0 Å². The van der Waals surface area contributed by atoms with Crippen LogP contribution in [0.1, 0.15) is 39.0 Å². The Balaban J connectivity index is 1.55. The van der Waals surface area contributed by atoms with Crippen molar-refractivity contribution in [3.63, 3.8) is 0 Å². The predicted octanol–water partition coefficient (Wildman–Crippen LogP) is 2.90. The lowest BCUT2D eigenvalue weighted by Crippen LogP contribution is -2.18. The minimum Gasteiger partial charge on any atom is -0.369 e. The van der Waals surface area contributed by atoms with Gasteiger partial charge in [0.2, 0.25) is 0 Å². The molecule has 3 rings (SSSR count). The molecule has 18 heavy (non-hydrogen) atoms. The van der Waals surface area contributed by atoms with Crippen LogP contribution in [0.4, 0.5) is 11.6 Å². The summed E-state index contributed by atoms with van der Waals surface area (Å²) in [6.07, 6.45) is 10.4. The number of nitrogens with zero attached hydrogens (tertiary/aromatic N) is 2. The van der Waals surface area contributed by atoms with Crippen LogP contribution in [-0.4, -0.2) is 23.1 Å². The van der Waals surface area contributed by atoms with Gasteiger partial charge in [0.05, 0.1) is 12.4 Å². The van der Waals surface area contributed by atoms with Crippen molar-refractivity contribution in [3.05, 3.63) is 12.4 Å². The van der Waals surface area contributed by atoms with Gasteiger partial charge in [0.25, 0.3) is 0 Å². The maximum Gasteiger partial charge on any atom is 0.146 e. The lowest BCUT2D eigenvalue weighted by Gasteiger charge is -2.15. The standard InChI is InChI=1S/C14H22N4/c1-2-7-16-12-8-15-9-13(18-12)17-10-14(5-6-14)11-3-4-11/h8-9,11H,2-7,10H2,1H3,(H2,16,17,18). The molecule has 0 bridgehead atoms. The zero-order chi connectivity index (χ0) is 12.4. The molecule has 98 valence electrons. The molecule has 4 heteroatoms. The molecule has 2 N–H and O–H groups in total. The van der Waals surface area contributed by atoms with Crippen molar-refractivity contribution in [2.75, 3.05) is 23.7 Å². The Hall–Kier alpha value is -1.32. The number of hydrogen-bond donors (Lipinski definition) is 2. The average molecular weight is 246 g/mol. The molecule has 0 atom stereocenters. The van der Waals surface area contributed by atoms with Gasteiger partial charge in [-0.2, -0.15) is 0 Å². The van der Waals surface area contributed by atoms with Gasteiger partial charge in [-0.3, -0.25) is 4.98 Å². The number of nitrogens with one attached hydrogen (secondary N) is 2. The van der Waals surface area contributed by atoms with Crippen LogP contribution in [0.5, 0.6) is 0 Å². The minimum absolute atomic E-state index is 0.606. The molecule has 1 aromatic rings. The van der Waals surface area contributed by atoms with E-state index >= 15 is 0 Å². The molecule has 0 spiro atoms. The molecule has 2 aliphatic carbocycles. The summed E-state index contributed by atoms with van der Waals surface area (Å²) in [5.74, 6) is 2.76. The van der Waals surface area contributed by atoms with Crippen LogP contribution in [0, 0.1) is 11.3 Å². The van der Waals surface area contributed by atoms with Crippen LogP contribution in [0.15, 0.2) is 12.4 Å². The van der Waals surface area contributed by atoms with Crippen molar-refractivity contribution in [3.8, 4) is 0 Å². The molecule has 0 radical (unpaired) electrons. The van der Waals surface area contributed by atoms with E-state index in [1.165, 1.54) is 25.7 Å². The molecular formula is C14H22N4. The van der Waals surface area contributed by atoms with Crippen molar-refractivity contribution in [2.24, 2.45) is 11.3 Å². The van der Waals surface area contributed by atoms with Crippen molar-refractivity contribution < 1.29 is 0 Å². The second kappa shape index (κ2) is 4.75. The zero-order valence-electron chi connectivity index (χ0n) is 11.1. The van der Waals surface area contributed by atoms with E-state index in [1.807, 2.05) is 6.20 Å². The van der Waals surface area contributed by atoms with Crippen LogP contribution in [0.2, 0.25) is 0 Å². The van der Waals surface area contributed by atoms with E-state index in [4.69, 9.17) is 0 Å². The first-order chi connectivity index (χ1) is 8.82. The van der Waals surface area contributed by atoms with Gasteiger partial charge in [-0.05, 0) is 43.4 Å². The topological polar surface area (TPSA) is 49.8 Å². The highest BCUT2D eigenvalue weighted by atomic mass is 15.1. The summed E-state index contributed by atoms with van der Waals surface area (Å²) in [6, 6.07) is 0. The van der Waals surface area contributed by atoms with E-state index in [2.05, 4.69) is 27.5 Å². The summed E-state index contributed by atoms with van der Waals surface area (Å²) in [6.45, 7) is 4.17. The van der Waals surface area contributed by atoms with Crippen molar-refractivity contribution in [2.45, 2.75) is 39.0 Å². The predicted molar refractivity (Wildman–Crippen MR) is 73.7 cm³/mol. The normalized spacial score (nSPS) is 20.5. The Bertz CT molecular complexity index is 410. The number of hydrogen-bond acceptors (Lipinski definition) is 4. The van der Waals surface area contributed by atoms with Crippen LogP contribution >= 0.6 is 0 Å². The lowest BCUT2D eigenvalue weighted by atomic mass is 10.0. The third-order valence-corrected chi connectivity index (χ3v) is 4.15. The fourth-order valence-corrected chi connectivity index (χ4v) is 2.64.